The van der Waals surface area contributed by atoms with Crippen LogP contribution in [0.3, 0.4) is 0 Å². The number of carbonyl (C=O) groups excluding carboxylic acids is 1. The van der Waals surface area contributed by atoms with E-state index in [2.05, 4.69) is 10.9 Å². The number of carbonyl (C=O) groups is 1. The predicted molar refractivity (Wildman–Crippen MR) is 137 cm³/mol. The molecule has 1 aromatic heterocycles. The van der Waals surface area contributed by atoms with Crippen LogP contribution in [0.15, 0.2) is 35.4 Å². The number of thioether (sulfide) groups is 1. The molecule has 11 heteroatoms. The summed E-state index contributed by atoms with van der Waals surface area (Å²) in [6, 6.07) is 11.2. The van der Waals surface area contributed by atoms with Crippen LogP contribution in [0.4, 0.5) is 11.5 Å². The van der Waals surface area contributed by atoms with Crippen LogP contribution in [0.5, 0.6) is 0 Å². The van der Waals surface area contributed by atoms with Crippen molar-refractivity contribution in [3.63, 3.8) is 0 Å². The number of benzene rings is 1. The molecule has 1 aromatic carbocycles. The van der Waals surface area contributed by atoms with Gasteiger partial charge >= 0.3 is 0 Å². The molecule has 9 nitrogen and oxygen atoms in total. The Morgan fingerprint density at radius 3 is 2.43 bits per heavy atom. The van der Waals surface area contributed by atoms with E-state index in [1.807, 2.05) is 36.9 Å². The summed E-state index contributed by atoms with van der Waals surface area (Å²) in [6.07, 6.45) is 0.978. The minimum absolute atomic E-state index is 0.101. The number of hydrogen-bond donors (Lipinski definition) is 1. The summed E-state index contributed by atoms with van der Waals surface area (Å²) in [5, 5.41) is 9.51. The summed E-state index contributed by atoms with van der Waals surface area (Å²) >= 11 is 1.10. The van der Waals surface area contributed by atoms with Gasteiger partial charge in [-0.25, -0.2) is 18.2 Å². The molecule has 0 saturated carbocycles. The van der Waals surface area contributed by atoms with E-state index in [0.29, 0.717) is 61.0 Å². The van der Waals surface area contributed by atoms with Gasteiger partial charge in [-0.1, -0.05) is 55.9 Å². The van der Waals surface area contributed by atoms with E-state index in [1.54, 1.807) is 12.1 Å². The van der Waals surface area contributed by atoms with Gasteiger partial charge in [0.1, 0.15) is 22.2 Å². The predicted octanol–water partition coefficient (Wildman–Crippen LogP) is 3.25. The number of nitriles is 1. The molecule has 3 rings (SSSR count). The van der Waals surface area contributed by atoms with Crippen LogP contribution in [0.2, 0.25) is 0 Å². The molecule has 2 aromatic rings. The Morgan fingerprint density at radius 1 is 1.26 bits per heavy atom. The highest BCUT2D eigenvalue weighted by Gasteiger charge is 2.31. The Labute approximate surface area is 210 Å². The van der Waals surface area contributed by atoms with Gasteiger partial charge in [-0.05, 0) is 24.0 Å². The zero-order valence-corrected chi connectivity index (χ0v) is 21.4. The van der Waals surface area contributed by atoms with E-state index in [0.717, 1.165) is 11.8 Å². The summed E-state index contributed by atoms with van der Waals surface area (Å²) in [4.78, 5) is 22.6. The number of sulfonamides is 1. The lowest BCUT2D eigenvalue weighted by atomic mass is 10.1. The molecule has 1 unspecified atom stereocenters. The number of hydrogen-bond acceptors (Lipinski definition) is 7. The van der Waals surface area contributed by atoms with E-state index < -0.39 is 21.2 Å². The van der Waals surface area contributed by atoms with Gasteiger partial charge in [0.15, 0.2) is 0 Å². The molecule has 1 aliphatic rings. The average Bonchev–Trinajstić information content (AvgIpc) is 2.86. The molecule has 0 aliphatic carbocycles. The first-order chi connectivity index (χ1) is 16.8. The Hall–Kier alpha value is -3.12. The zero-order valence-electron chi connectivity index (χ0n) is 19.8. The molecular weight excluding hydrogens is 484 g/mol. The number of pyridine rings is 1. The highest BCUT2D eigenvalue weighted by molar-refractivity contribution is 8.00. The standard InChI is InChI=1S/C24H28N6O3S2/c1-4-15-35(32,33)30-13-11-29(12-14-30)23-20(27-3)18(5-2)19(16-25)24(28-23)34-21(22(26)31)17-9-7-6-8-10-17/h6-10,21H,4-5,11-15H2,1-2H3,(H2,26,31). The lowest BCUT2D eigenvalue weighted by Gasteiger charge is -2.35. The average molecular weight is 513 g/mol. The van der Waals surface area contributed by atoms with E-state index in [4.69, 9.17) is 17.3 Å². The number of nitrogens with zero attached hydrogens (tertiary/aromatic N) is 5. The number of anilines is 1. The van der Waals surface area contributed by atoms with Crippen molar-refractivity contribution in [1.29, 1.82) is 5.26 Å². The molecule has 0 bridgehead atoms. The van der Waals surface area contributed by atoms with Crippen LogP contribution in [-0.2, 0) is 21.2 Å². The zero-order chi connectivity index (χ0) is 25.6. The molecule has 1 atom stereocenters. The van der Waals surface area contributed by atoms with Crippen LogP contribution in [0, 0.1) is 17.9 Å². The quantitative estimate of drug-likeness (QED) is 0.404. The van der Waals surface area contributed by atoms with Crippen molar-refractivity contribution in [2.24, 2.45) is 5.73 Å². The van der Waals surface area contributed by atoms with Crippen LogP contribution in [0.25, 0.3) is 4.85 Å². The highest BCUT2D eigenvalue weighted by atomic mass is 32.2. The molecule has 1 aliphatic heterocycles. The van der Waals surface area contributed by atoms with Crippen molar-refractivity contribution >= 4 is 39.2 Å². The van der Waals surface area contributed by atoms with Crippen molar-refractivity contribution in [1.82, 2.24) is 9.29 Å². The third-order valence-electron chi connectivity index (χ3n) is 5.78. The van der Waals surface area contributed by atoms with Crippen molar-refractivity contribution < 1.29 is 13.2 Å². The lowest BCUT2D eigenvalue weighted by molar-refractivity contribution is -0.117. The first-order valence-electron chi connectivity index (χ1n) is 11.3. The second-order valence-corrected chi connectivity index (χ2v) is 11.2. The summed E-state index contributed by atoms with van der Waals surface area (Å²) < 4.78 is 26.4. The maximum absolute atomic E-state index is 12.5. The summed E-state index contributed by atoms with van der Waals surface area (Å²) in [7, 11) is -3.32. The van der Waals surface area contributed by atoms with E-state index >= 15 is 0 Å². The molecule has 1 saturated heterocycles. The molecule has 2 N–H and O–H groups in total. The number of nitrogens with two attached hydrogens (primary N) is 1. The van der Waals surface area contributed by atoms with Gasteiger partial charge in [-0.15, -0.1) is 0 Å². The maximum atomic E-state index is 12.5. The molecule has 0 radical (unpaired) electrons. The van der Waals surface area contributed by atoms with Crippen LogP contribution in [-0.4, -0.2) is 55.5 Å². The Kier molecular flexibility index (Phi) is 8.73. The Morgan fingerprint density at radius 2 is 1.91 bits per heavy atom. The van der Waals surface area contributed by atoms with Gasteiger partial charge in [-0.3, -0.25) is 4.79 Å². The molecule has 1 amide bonds. The molecule has 35 heavy (non-hydrogen) atoms. The number of amides is 1. The third kappa shape index (κ3) is 5.76. The summed E-state index contributed by atoms with van der Waals surface area (Å²) in [6.45, 7) is 12.8. The second kappa shape index (κ2) is 11.5. The minimum Gasteiger partial charge on any atom is -0.368 e. The molecule has 0 spiro atoms. The lowest BCUT2D eigenvalue weighted by Crippen LogP contribution is -2.49. The SMILES string of the molecule is [C-]#[N+]c1c(N2CCN(S(=O)(=O)CCC)CC2)nc(SC(C(N)=O)c2ccccc2)c(C#N)c1CC. The van der Waals surface area contributed by atoms with Crippen LogP contribution < -0.4 is 10.6 Å². The molecular formula is C24H28N6O3S2. The summed E-state index contributed by atoms with van der Waals surface area (Å²) in [5.41, 5.74) is 7.51. The first kappa shape index (κ1) is 26.5. The second-order valence-electron chi connectivity index (χ2n) is 8.03. The van der Waals surface area contributed by atoms with E-state index in [1.165, 1.54) is 4.31 Å². The fourth-order valence-electron chi connectivity index (χ4n) is 4.07. The Bertz CT molecular complexity index is 1260. The van der Waals surface area contributed by atoms with Crippen molar-refractivity contribution in [3.05, 3.63) is 58.4 Å². The van der Waals surface area contributed by atoms with Gasteiger partial charge in [0.25, 0.3) is 0 Å². The summed E-state index contributed by atoms with van der Waals surface area (Å²) in [5.74, 6) is -0.0536. The number of piperazine rings is 1. The molecule has 1 fully saturated rings. The number of rotatable bonds is 9. The van der Waals surface area contributed by atoms with Crippen molar-refractivity contribution in [2.45, 2.75) is 37.0 Å². The fourth-order valence-corrected chi connectivity index (χ4v) is 6.62. The topological polar surface area (TPSA) is 125 Å². The van der Waals surface area contributed by atoms with Gasteiger partial charge < -0.3 is 10.6 Å². The molecule has 184 valence electrons. The van der Waals surface area contributed by atoms with E-state index in [9.17, 15) is 18.5 Å². The normalized spacial score (nSPS) is 15.3. The minimum atomic E-state index is -3.32. The largest absolute Gasteiger partial charge is 0.368 e. The smallest absolute Gasteiger partial charge is 0.235 e. The third-order valence-corrected chi connectivity index (χ3v) is 9.12. The van der Waals surface area contributed by atoms with Crippen molar-refractivity contribution in [3.8, 4) is 6.07 Å². The van der Waals surface area contributed by atoms with Crippen LogP contribution in [0.1, 0.15) is 42.2 Å². The number of primary amides is 1. The Balaban J connectivity index is 2.02. The first-order valence-corrected chi connectivity index (χ1v) is 13.8. The fraction of sp³-hybridized carbons (Fsp3) is 0.417. The van der Waals surface area contributed by atoms with Gasteiger partial charge in [-0.2, -0.15) is 9.57 Å². The van der Waals surface area contributed by atoms with Crippen LogP contribution >= 0.6 is 11.8 Å². The van der Waals surface area contributed by atoms with Crippen molar-refractivity contribution in [2.75, 3.05) is 36.8 Å². The maximum Gasteiger partial charge on any atom is 0.235 e. The highest BCUT2D eigenvalue weighted by Crippen LogP contribution is 2.42. The van der Waals surface area contributed by atoms with Gasteiger partial charge in [0, 0.05) is 26.2 Å². The molecule has 2 heterocycles. The van der Waals surface area contributed by atoms with Gasteiger partial charge in [0.05, 0.1) is 17.9 Å². The van der Waals surface area contributed by atoms with E-state index in [-0.39, 0.29) is 17.0 Å². The number of aromatic nitrogens is 1. The van der Waals surface area contributed by atoms with Gasteiger partial charge in [0.2, 0.25) is 21.6 Å². The monoisotopic (exact) mass is 512 g/mol.